The Bertz CT molecular complexity index is 1220. The van der Waals surface area contributed by atoms with Crippen LogP contribution in [0.4, 0.5) is 10.1 Å². The van der Waals surface area contributed by atoms with Gasteiger partial charge < -0.3 is 9.64 Å². The van der Waals surface area contributed by atoms with Crippen LogP contribution in [0.5, 0.6) is 0 Å². The molecule has 4 aromatic rings. The second-order valence-electron chi connectivity index (χ2n) is 7.24. The number of halogens is 1. The highest BCUT2D eigenvalue weighted by Crippen LogP contribution is 2.30. The van der Waals surface area contributed by atoms with Gasteiger partial charge in [-0.25, -0.2) is 19.3 Å². The lowest BCUT2D eigenvalue weighted by Crippen LogP contribution is -2.36. The molecule has 7 heteroatoms. The Hall–Kier alpha value is -3.45. The van der Waals surface area contributed by atoms with Crippen LogP contribution >= 0.6 is 0 Å². The Morgan fingerprint density at radius 3 is 2.60 bits per heavy atom. The van der Waals surface area contributed by atoms with Crippen molar-refractivity contribution in [3.8, 4) is 22.5 Å². The molecule has 30 heavy (non-hydrogen) atoms. The van der Waals surface area contributed by atoms with Gasteiger partial charge in [-0.05, 0) is 43.3 Å². The van der Waals surface area contributed by atoms with Crippen LogP contribution in [0.1, 0.15) is 5.69 Å². The SMILES string of the molecule is Cc1cc(-c2ccc3ncnc(-c4ccc(N5CCOCC5)c(F)c4)c3n2)ccn1. The zero-order valence-electron chi connectivity index (χ0n) is 16.5. The summed E-state index contributed by atoms with van der Waals surface area (Å²) in [6.07, 6.45) is 3.25. The van der Waals surface area contributed by atoms with Crippen LogP contribution in [0.3, 0.4) is 0 Å². The van der Waals surface area contributed by atoms with Gasteiger partial charge in [-0.15, -0.1) is 0 Å². The molecule has 0 aliphatic carbocycles. The smallest absolute Gasteiger partial charge is 0.147 e. The van der Waals surface area contributed by atoms with Crippen molar-refractivity contribution < 1.29 is 9.13 Å². The van der Waals surface area contributed by atoms with Gasteiger partial charge in [0.05, 0.1) is 30.1 Å². The summed E-state index contributed by atoms with van der Waals surface area (Å²) in [6, 6.07) is 13.0. The van der Waals surface area contributed by atoms with E-state index in [2.05, 4.69) is 15.0 Å². The fraction of sp³-hybridized carbons (Fsp3) is 0.217. The normalized spacial score (nSPS) is 14.3. The molecule has 1 aliphatic heterocycles. The van der Waals surface area contributed by atoms with Crippen LogP contribution in [0, 0.1) is 12.7 Å². The van der Waals surface area contributed by atoms with Gasteiger partial charge in [0.1, 0.15) is 23.4 Å². The maximum atomic E-state index is 15.0. The first-order chi connectivity index (χ1) is 14.7. The van der Waals surface area contributed by atoms with E-state index in [0.29, 0.717) is 54.3 Å². The number of hydrogen-bond acceptors (Lipinski definition) is 6. The molecule has 0 spiro atoms. The molecule has 6 nitrogen and oxygen atoms in total. The first-order valence-corrected chi connectivity index (χ1v) is 9.86. The minimum Gasteiger partial charge on any atom is -0.378 e. The third kappa shape index (κ3) is 3.48. The van der Waals surface area contributed by atoms with E-state index in [-0.39, 0.29) is 5.82 Å². The van der Waals surface area contributed by atoms with E-state index in [1.807, 2.05) is 42.2 Å². The highest BCUT2D eigenvalue weighted by molar-refractivity contribution is 5.90. The first kappa shape index (κ1) is 18.6. The number of fused-ring (bicyclic) bond motifs is 1. The van der Waals surface area contributed by atoms with Crippen LogP contribution in [-0.4, -0.2) is 46.2 Å². The average molecular weight is 401 g/mol. The van der Waals surface area contributed by atoms with E-state index in [4.69, 9.17) is 9.72 Å². The van der Waals surface area contributed by atoms with Gasteiger partial charge in [-0.3, -0.25) is 4.98 Å². The highest BCUT2D eigenvalue weighted by atomic mass is 19.1. The standard InChI is InChI=1S/C23H20FN5O/c1-15-12-16(6-7-25-15)19-3-4-20-23(28-19)22(27-14-26-20)17-2-5-21(18(24)13-17)29-8-10-30-11-9-29/h2-7,12-14H,8-11H2,1H3. The van der Waals surface area contributed by atoms with Gasteiger partial charge in [0, 0.05) is 36.1 Å². The highest BCUT2D eigenvalue weighted by Gasteiger charge is 2.17. The molecule has 0 atom stereocenters. The number of anilines is 1. The Balaban J connectivity index is 1.58. The number of nitrogens with zero attached hydrogens (tertiary/aromatic N) is 5. The van der Waals surface area contributed by atoms with Crippen LogP contribution in [-0.2, 0) is 4.74 Å². The average Bonchev–Trinajstić information content (AvgIpc) is 2.79. The molecule has 150 valence electrons. The van der Waals surface area contributed by atoms with E-state index < -0.39 is 0 Å². The number of ether oxygens (including phenoxy) is 1. The molecule has 1 aliphatic rings. The predicted molar refractivity (Wildman–Crippen MR) is 114 cm³/mol. The van der Waals surface area contributed by atoms with Gasteiger partial charge >= 0.3 is 0 Å². The molecule has 0 radical (unpaired) electrons. The third-order valence-electron chi connectivity index (χ3n) is 5.25. The molecule has 3 aromatic heterocycles. The topological polar surface area (TPSA) is 64.0 Å². The van der Waals surface area contributed by atoms with Crippen molar-refractivity contribution >= 4 is 16.7 Å². The summed E-state index contributed by atoms with van der Waals surface area (Å²) in [7, 11) is 0. The Morgan fingerprint density at radius 2 is 1.80 bits per heavy atom. The molecular formula is C23H20FN5O. The summed E-state index contributed by atoms with van der Waals surface area (Å²) >= 11 is 0. The van der Waals surface area contributed by atoms with Crippen molar-refractivity contribution in [3.63, 3.8) is 0 Å². The summed E-state index contributed by atoms with van der Waals surface area (Å²) in [6.45, 7) is 4.53. The monoisotopic (exact) mass is 401 g/mol. The van der Waals surface area contributed by atoms with Crippen LogP contribution in [0.15, 0.2) is 55.0 Å². The summed E-state index contributed by atoms with van der Waals surface area (Å²) in [5.41, 5.74) is 5.91. The van der Waals surface area contributed by atoms with Gasteiger partial charge in [0.2, 0.25) is 0 Å². The lowest BCUT2D eigenvalue weighted by Gasteiger charge is -2.29. The van der Waals surface area contributed by atoms with E-state index in [1.165, 1.54) is 12.4 Å². The number of hydrogen-bond donors (Lipinski definition) is 0. The van der Waals surface area contributed by atoms with Crippen LogP contribution < -0.4 is 4.90 Å². The quantitative estimate of drug-likeness (QED) is 0.516. The van der Waals surface area contributed by atoms with Crippen LogP contribution in [0.25, 0.3) is 33.5 Å². The maximum Gasteiger partial charge on any atom is 0.147 e. The number of morpholine rings is 1. The molecule has 0 bridgehead atoms. The van der Waals surface area contributed by atoms with Gasteiger partial charge in [-0.1, -0.05) is 6.07 Å². The second kappa shape index (κ2) is 7.76. The number of benzene rings is 1. The molecular weight excluding hydrogens is 381 g/mol. The second-order valence-corrected chi connectivity index (χ2v) is 7.24. The molecule has 0 saturated carbocycles. The largest absolute Gasteiger partial charge is 0.378 e. The molecule has 0 N–H and O–H groups in total. The minimum absolute atomic E-state index is 0.276. The predicted octanol–water partition coefficient (Wildman–Crippen LogP) is 4.04. The number of rotatable bonds is 3. The fourth-order valence-corrected chi connectivity index (χ4v) is 3.73. The number of pyridine rings is 2. The van der Waals surface area contributed by atoms with E-state index in [0.717, 1.165) is 17.0 Å². The summed E-state index contributed by atoms with van der Waals surface area (Å²) < 4.78 is 20.3. The molecule has 5 rings (SSSR count). The van der Waals surface area contributed by atoms with Gasteiger partial charge in [-0.2, -0.15) is 0 Å². The zero-order valence-corrected chi connectivity index (χ0v) is 16.5. The number of aryl methyl sites for hydroxylation is 1. The summed E-state index contributed by atoms with van der Waals surface area (Å²) in [5, 5.41) is 0. The van der Waals surface area contributed by atoms with Gasteiger partial charge in [0.25, 0.3) is 0 Å². The Labute approximate surface area is 173 Å². The first-order valence-electron chi connectivity index (χ1n) is 9.86. The third-order valence-corrected chi connectivity index (χ3v) is 5.25. The lowest BCUT2D eigenvalue weighted by molar-refractivity contribution is 0.122. The molecule has 0 amide bonds. The minimum atomic E-state index is -0.276. The van der Waals surface area contributed by atoms with E-state index in [9.17, 15) is 4.39 Å². The number of aromatic nitrogens is 4. The van der Waals surface area contributed by atoms with Crippen molar-refractivity contribution in [2.45, 2.75) is 6.92 Å². The lowest BCUT2D eigenvalue weighted by atomic mass is 10.1. The zero-order chi connectivity index (χ0) is 20.5. The Morgan fingerprint density at radius 1 is 0.933 bits per heavy atom. The van der Waals surface area contributed by atoms with Crippen molar-refractivity contribution in [2.24, 2.45) is 0 Å². The van der Waals surface area contributed by atoms with Gasteiger partial charge in [0.15, 0.2) is 0 Å². The summed E-state index contributed by atoms with van der Waals surface area (Å²) in [5.74, 6) is -0.276. The maximum absolute atomic E-state index is 15.0. The van der Waals surface area contributed by atoms with E-state index >= 15 is 0 Å². The van der Waals surface area contributed by atoms with Crippen molar-refractivity contribution in [3.05, 3.63) is 66.5 Å². The van der Waals surface area contributed by atoms with Crippen molar-refractivity contribution in [1.29, 1.82) is 0 Å². The fourth-order valence-electron chi connectivity index (χ4n) is 3.73. The molecule has 0 unspecified atom stereocenters. The molecule has 4 heterocycles. The summed E-state index contributed by atoms with van der Waals surface area (Å²) in [4.78, 5) is 19.8. The van der Waals surface area contributed by atoms with Crippen molar-refractivity contribution in [2.75, 3.05) is 31.2 Å². The molecule has 1 saturated heterocycles. The Kier molecular flexibility index (Phi) is 4.80. The van der Waals surface area contributed by atoms with Crippen LogP contribution in [0.2, 0.25) is 0 Å². The molecule has 1 aromatic carbocycles. The van der Waals surface area contributed by atoms with E-state index in [1.54, 1.807) is 12.3 Å². The molecule has 1 fully saturated rings. The van der Waals surface area contributed by atoms with Crippen molar-refractivity contribution in [1.82, 2.24) is 19.9 Å².